The van der Waals surface area contributed by atoms with E-state index in [0.717, 1.165) is 30.7 Å². The molecular formula is C11H19N3O. The van der Waals surface area contributed by atoms with E-state index in [-0.39, 0.29) is 5.41 Å². The number of nitrogen functional groups attached to an aromatic ring is 1. The van der Waals surface area contributed by atoms with E-state index in [1.807, 2.05) is 0 Å². The maximum Gasteiger partial charge on any atom is 0.292 e. The lowest BCUT2D eigenvalue weighted by Gasteiger charge is -2.33. The standard InChI is InChI=1S/C11H19N3O/c1-11(2)5-7(3-4-12)9-8(6-11)15-10(13)14-9/h7H,3-6,12H2,1-2H3,(H2,13,14). The number of anilines is 1. The van der Waals surface area contributed by atoms with Crippen molar-refractivity contribution >= 4 is 6.01 Å². The van der Waals surface area contributed by atoms with E-state index in [9.17, 15) is 0 Å². The molecule has 0 radical (unpaired) electrons. The Bertz CT molecular complexity index is 357. The first-order valence-electron chi connectivity index (χ1n) is 5.47. The summed E-state index contributed by atoms with van der Waals surface area (Å²) >= 11 is 0. The van der Waals surface area contributed by atoms with Gasteiger partial charge in [-0.1, -0.05) is 13.8 Å². The Labute approximate surface area is 90.0 Å². The number of hydrogen-bond donors (Lipinski definition) is 2. The maximum atomic E-state index is 5.62. The molecule has 0 aromatic carbocycles. The molecule has 0 saturated carbocycles. The topological polar surface area (TPSA) is 78.1 Å². The molecule has 84 valence electrons. The fourth-order valence-electron chi connectivity index (χ4n) is 2.54. The zero-order chi connectivity index (χ0) is 11.1. The Morgan fingerprint density at radius 3 is 2.93 bits per heavy atom. The van der Waals surface area contributed by atoms with Crippen molar-refractivity contribution in [3.8, 4) is 0 Å². The van der Waals surface area contributed by atoms with Crippen LogP contribution in [-0.4, -0.2) is 11.5 Å². The molecule has 1 aromatic heterocycles. The number of rotatable bonds is 2. The summed E-state index contributed by atoms with van der Waals surface area (Å²) < 4.78 is 5.44. The lowest BCUT2D eigenvalue weighted by atomic mass is 9.72. The highest BCUT2D eigenvalue weighted by molar-refractivity contribution is 5.27. The molecule has 0 aliphatic heterocycles. The second-order valence-electron chi connectivity index (χ2n) is 5.18. The Hall–Kier alpha value is -1.03. The van der Waals surface area contributed by atoms with Crippen LogP contribution < -0.4 is 11.5 Å². The second kappa shape index (κ2) is 3.52. The van der Waals surface area contributed by atoms with Crippen molar-refractivity contribution < 1.29 is 4.42 Å². The van der Waals surface area contributed by atoms with Crippen molar-refractivity contribution in [1.82, 2.24) is 4.98 Å². The maximum absolute atomic E-state index is 5.62. The number of fused-ring (bicyclic) bond motifs is 1. The lowest BCUT2D eigenvalue weighted by Crippen LogP contribution is -2.26. The molecule has 4 N–H and O–H groups in total. The summed E-state index contributed by atoms with van der Waals surface area (Å²) in [5.74, 6) is 1.37. The molecule has 1 aromatic rings. The second-order valence-corrected chi connectivity index (χ2v) is 5.18. The first-order chi connectivity index (χ1) is 7.02. The van der Waals surface area contributed by atoms with Crippen LogP contribution in [0.3, 0.4) is 0 Å². The quantitative estimate of drug-likeness (QED) is 0.776. The molecule has 0 fully saturated rings. The predicted molar refractivity (Wildman–Crippen MR) is 59.4 cm³/mol. The van der Waals surface area contributed by atoms with Gasteiger partial charge in [0, 0.05) is 12.3 Å². The van der Waals surface area contributed by atoms with Crippen LogP contribution in [0.25, 0.3) is 0 Å². The van der Waals surface area contributed by atoms with Crippen LogP contribution in [-0.2, 0) is 6.42 Å². The number of aromatic nitrogens is 1. The largest absolute Gasteiger partial charge is 0.429 e. The molecule has 1 atom stereocenters. The number of oxazole rings is 1. The number of nitrogens with two attached hydrogens (primary N) is 2. The molecule has 4 heteroatoms. The van der Waals surface area contributed by atoms with Crippen molar-refractivity contribution in [2.75, 3.05) is 12.3 Å². The minimum absolute atomic E-state index is 0.263. The summed E-state index contributed by atoms with van der Waals surface area (Å²) in [4.78, 5) is 4.27. The Morgan fingerprint density at radius 2 is 2.27 bits per heavy atom. The van der Waals surface area contributed by atoms with E-state index in [0.29, 0.717) is 18.5 Å². The zero-order valence-electron chi connectivity index (χ0n) is 9.42. The van der Waals surface area contributed by atoms with Crippen molar-refractivity contribution in [1.29, 1.82) is 0 Å². The van der Waals surface area contributed by atoms with E-state index in [4.69, 9.17) is 15.9 Å². The summed E-state index contributed by atoms with van der Waals surface area (Å²) in [6, 6.07) is 0.291. The van der Waals surface area contributed by atoms with E-state index in [1.165, 1.54) is 0 Å². The summed E-state index contributed by atoms with van der Waals surface area (Å²) in [6.07, 6.45) is 3.00. The van der Waals surface area contributed by atoms with Gasteiger partial charge < -0.3 is 15.9 Å². The van der Waals surface area contributed by atoms with Gasteiger partial charge in [-0.05, 0) is 24.8 Å². The van der Waals surface area contributed by atoms with Gasteiger partial charge in [0.1, 0.15) is 5.76 Å². The molecule has 2 rings (SSSR count). The van der Waals surface area contributed by atoms with Gasteiger partial charge in [-0.2, -0.15) is 4.98 Å². The molecule has 1 heterocycles. The van der Waals surface area contributed by atoms with Crippen molar-refractivity contribution in [2.24, 2.45) is 11.1 Å². The molecule has 0 amide bonds. The number of nitrogens with zero attached hydrogens (tertiary/aromatic N) is 1. The van der Waals surface area contributed by atoms with Crippen LogP contribution >= 0.6 is 0 Å². The molecule has 1 aliphatic rings. The SMILES string of the molecule is CC1(C)Cc2oc(N)nc2C(CCN)C1. The molecule has 4 nitrogen and oxygen atoms in total. The molecular weight excluding hydrogens is 190 g/mol. The highest BCUT2D eigenvalue weighted by atomic mass is 16.4. The van der Waals surface area contributed by atoms with Crippen LogP contribution in [0.1, 0.15) is 44.1 Å². The van der Waals surface area contributed by atoms with Gasteiger partial charge in [-0.25, -0.2) is 0 Å². The van der Waals surface area contributed by atoms with Crippen LogP contribution in [0.2, 0.25) is 0 Å². The fourth-order valence-corrected chi connectivity index (χ4v) is 2.54. The van der Waals surface area contributed by atoms with E-state index >= 15 is 0 Å². The van der Waals surface area contributed by atoms with Gasteiger partial charge >= 0.3 is 0 Å². The normalized spacial score (nSPS) is 23.8. The molecule has 1 unspecified atom stereocenters. The molecule has 0 spiro atoms. The van der Waals surface area contributed by atoms with Crippen molar-refractivity contribution in [3.63, 3.8) is 0 Å². The Morgan fingerprint density at radius 1 is 1.53 bits per heavy atom. The minimum atomic E-state index is 0.263. The molecule has 15 heavy (non-hydrogen) atoms. The summed E-state index contributed by atoms with van der Waals surface area (Å²) in [5.41, 5.74) is 12.5. The summed E-state index contributed by atoms with van der Waals surface area (Å²) in [6.45, 7) is 5.18. The van der Waals surface area contributed by atoms with Gasteiger partial charge in [0.05, 0.1) is 5.69 Å². The third-order valence-corrected chi connectivity index (χ3v) is 3.08. The van der Waals surface area contributed by atoms with Crippen molar-refractivity contribution in [3.05, 3.63) is 11.5 Å². The fraction of sp³-hybridized carbons (Fsp3) is 0.727. The summed E-state index contributed by atoms with van der Waals surface area (Å²) in [5, 5.41) is 0. The van der Waals surface area contributed by atoms with Gasteiger partial charge in [-0.3, -0.25) is 0 Å². The average Bonchev–Trinajstić information content (AvgIpc) is 2.44. The van der Waals surface area contributed by atoms with E-state index < -0.39 is 0 Å². The zero-order valence-corrected chi connectivity index (χ0v) is 9.42. The van der Waals surface area contributed by atoms with Gasteiger partial charge in [0.2, 0.25) is 0 Å². The van der Waals surface area contributed by atoms with Gasteiger partial charge in [0.15, 0.2) is 0 Å². The van der Waals surface area contributed by atoms with E-state index in [2.05, 4.69) is 18.8 Å². The number of hydrogen-bond acceptors (Lipinski definition) is 4. The minimum Gasteiger partial charge on any atom is -0.429 e. The van der Waals surface area contributed by atoms with Crippen LogP contribution in [0.5, 0.6) is 0 Å². The van der Waals surface area contributed by atoms with Crippen LogP contribution in [0.15, 0.2) is 4.42 Å². The van der Waals surface area contributed by atoms with E-state index in [1.54, 1.807) is 0 Å². The monoisotopic (exact) mass is 209 g/mol. The predicted octanol–water partition coefficient (Wildman–Crippen LogP) is 1.66. The average molecular weight is 209 g/mol. The third kappa shape index (κ3) is 2.00. The molecule has 0 bridgehead atoms. The summed E-state index contributed by atoms with van der Waals surface area (Å²) in [7, 11) is 0. The first-order valence-corrected chi connectivity index (χ1v) is 5.47. The third-order valence-electron chi connectivity index (χ3n) is 3.08. The Kier molecular flexibility index (Phi) is 2.46. The molecule has 0 saturated heterocycles. The van der Waals surface area contributed by atoms with Crippen LogP contribution in [0, 0.1) is 5.41 Å². The van der Waals surface area contributed by atoms with Crippen molar-refractivity contribution in [2.45, 2.75) is 39.0 Å². The van der Waals surface area contributed by atoms with Crippen LogP contribution in [0.4, 0.5) is 6.01 Å². The smallest absolute Gasteiger partial charge is 0.292 e. The Balaban J connectivity index is 2.33. The first kappa shape index (κ1) is 10.5. The molecule has 1 aliphatic carbocycles. The lowest BCUT2D eigenvalue weighted by molar-refractivity contribution is 0.249. The highest BCUT2D eigenvalue weighted by Gasteiger charge is 2.35. The highest BCUT2D eigenvalue weighted by Crippen LogP contribution is 2.43. The van der Waals surface area contributed by atoms with Gasteiger partial charge in [0.25, 0.3) is 6.01 Å². The van der Waals surface area contributed by atoms with Gasteiger partial charge in [-0.15, -0.1) is 0 Å².